The van der Waals surface area contributed by atoms with Gasteiger partial charge in [-0.15, -0.1) is 11.6 Å². The average Bonchev–Trinajstić information content (AvgIpc) is 2.38. The van der Waals surface area contributed by atoms with Gasteiger partial charge in [0.1, 0.15) is 0 Å². The first kappa shape index (κ1) is 13.9. The Hall–Kier alpha value is -0.480. The highest BCUT2D eigenvalue weighted by molar-refractivity contribution is 6.39. The zero-order valence-corrected chi connectivity index (χ0v) is 11.8. The molecular formula is C12H12Cl3NO2. The van der Waals surface area contributed by atoms with E-state index in [-0.39, 0.29) is 11.9 Å². The average molecular weight is 309 g/mol. The van der Waals surface area contributed by atoms with E-state index in [1.807, 2.05) is 0 Å². The van der Waals surface area contributed by atoms with E-state index in [0.29, 0.717) is 41.2 Å². The van der Waals surface area contributed by atoms with Crippen LogP contribution in [0.5, 0.6) is 0 Å². The van der Waals surface area contributed by atoms with Crippen molar-refractivity contribution < 1.29 is 9.53 Å². The summed E-state index contributed by atoms with van der Waals surface area (Å²) in [5, 5.41) is 0.708. The second-order valence-electron chi connectivity index (χ2n) is 3.98. The van der Waals surface area contributed by atoms with Crippen LogP contribution in [-0.2, 0) is 4.74 Å². The summed E-state index contributed by atoms with van der Waals surface area (Å²) in [6.07, 6.45) is 0. The number of halogens is 3. The molecule has 0 aliphatic carbocycles. The Morgan fingerprint density at radius 3 is 2.67 bits per heavy atom. The van der Waals surface area contributed by atoms with Gasteiger partial charge in [0.25, 0.3) is 5.91 Å². The zero-order valence-electron chi connectivity index (χ0n) is 9.54. The Bertz CT molecular complexity index is 433. The van der Waals surface area contributed by atoms with E-state index >= 15 is 0 Å². The van der Waals surface area contributed by atoms with Gasteiger partial charge >= 0.3 is 0 Å². The van der Waals surface area contributed by atoms with Crippen molar-refractivity contribution in [2.24, 2.45) is 0 Å². The first-order chi connectivity index (χ1) is 8.65. The monoisotopic (exact) mass is 307 g/mol. The summed E-state index contributed by atoms with van der Waals surface area (Å²) in [6, 6.07) is 4.87. The Labute approximate surface area is 121 Å². The summed E-state index contributed by atoms with van der Waals surface area (Å²) < 4.78 is 5.31. The molecule has 1 aliphatic heterocycles. The Balaban J connectivity index is 2.30. The zero-order chi connectivity index (χ0) is 13.1. The van der Waals surface area contributed by atoms with Crippen molar-refractivity contribution in [3.05, 3.63) is 33.8 Å². The molecule has 18 heavy (non-hydrogen) atoms. The number of carbonyl (C=O) groups excluding carboxylic acids is 1. The maximum absolute atomic E-state index is 12.5. The first-order valence-electron chi connectivity index (χ1n) is 5.54. The summed E-state index contributed by atoms with van der Waals surface area (Å²) in [6.45, 7) is 1.44. The van der Waals surface area contributed by atoms with Gasteiger partial charge in [-0.3, -0.25) is 4.79 Å². The van der Waals surface area contributed by atoms with Gasteiger partial charge in [0.05, 0.1) is 34.9 Å². The molecule has 1 unspecified atom stereocenters. The van der Waals surface area contributed by atoms with Gasteiger partial charge in [-0.05, 0) is 12.1 Å². The highest BCUT2D eigenvalue weighted by atomic mass is 35.5. The number of nitrogens with zero attached hydrogens (tertiary/aromatic N) is 1. The molecular weight excluding hydrogens is 296 g/mol. The maximum atomic E-state index is 12.5. The lowest BCUT2D eigenvalue weighted by atomic mass is 10.1. The predicted molar refractivity (Wildman–Crippen MR) is 72.8 cm³/mol. The van der Waals surface area contributed by atoms with Gasteiger partial charge in [0.15, 0.2) is 0 Å². The summed E-state index contributed by atoms with van der Waals surface area (Å²) in [7, 11) is 0. The minimum Gasteiger partial charge on any atom is -0.377 e. The second kappa shape index (κ2) is 6.11. The molecule has 1 atom stereocenters. The molecule has 1 aliphatic rings. The second-order valence-corrected chi connectivity index (χ2v) is 5.10. The van der Waals surface area contributed by atoms with Crippen LogP contribution in [0.2, 0.25) is 10.0 Å². The fourth-order valence-corrected chi connectivity index (χ4v) is 2.71. The normalized spacial score (nSPS) is 19.9. The van der Waals surface area contributed by atoms with Crippen molar-refractivity contribution in [3.63, 3.8) is 0 Å². The van der Waals surface area contributed by atoms with Crippen molar-refractivity contribution in [1.29, 1.82) is 0 Å². The molecule has 1 heterocycles. The molecule has 1 saturated heterocycles. The minimum atomic E-state index is -0.195. The lowest BCUT2D eigenvalue weighted by Gasteiger charge is -2.34. The maximum Gasteiger partial charge on any atom is 0.257 e. The van der Waals surface area contributed by atoms with E-state index in [4.69, 9.17) is 39.5 Å². The van der Waals surface area contributed by atoms with Crippen LogP contribution in [0.15, 0.2) is 18.2 Å². The Morgan fingerprint density at radius 2 is 2.06 bits per heavy atom. The van der Waals surface area contributed by atoms with Gasteiger partial charge in [-0.1, -0.05) is 29.3 Å². The van der Waals surface area contributed by atoms with Gasteiger partial charge in [0, 0.05) is 12.4 Å². The number of ether oxygens (including phenoxy) is 1. The van der Waals surface area contributed by atoms with E-state index in [0.717, 1.165) is 0 Å². The van der Waals surface area contributed by atoms with Crippen molar-refractivity contribution in [1.82, 2.24) is 4.90 Å². The lowest BCUT2D eigenvalue weighted by molar-refractivity contribution is 0.00458. The number of rotatable bonds is 2. The van der Waals surface area contributed by atoms with E-state index in [2.05, 4.69) is 0 Å². The number of alkyl halides is 1. The fraction of sp³-hybridized carbons (Fsp3) is 0.417. The third-order valence-corrected chi connectivity index (χ3v) is 3.83. The molecule has 1 aromatic rings. The van der Waals surface area contributed by atoms with E-state index < -0.39 is 0 Å². The molecule has 1 amide bonds. The number of hydrogen-bond acceptors (Lipinski definition) is 2. The molecule has 1 aromatic carbocycles. The highest BCUT2D eigenvalue weighted by Gasteiger charge is 2.29. The Kier molecular flexibility index (Phi) is 4.73. The number of benzene rings is 1. The summed E-state index contributed by atoms with van der Waals surface area (Å²) >= 11 is 17.9. The lowest BCUT2D eigenvalue weighted by Crippen LogP contribution is -2.49. The molecule has 0 spiro atoms. The molecule has 6 heteroatoms. The molecule has 0 radical (unpaired) electrons. The largest absolute Gasteiger partial charge is 0.377 e. The topological polar surface area (TPSA) is 29.5 Å². The molecule has 0 bridgehead atoms. The summed E-state index contributed by atoms with van der Waals surface area (Å²) in [4.78, 5) is 14.1. The van der Waals surface area contributed by atoms with Crippen molar-refractivity contribution in [2.45, 2.75) is 6.04 Å². The van der Waals surface area contributed by atoms with Crippen LogP contribution in [0.4, 0.5) is 0 Å². The van der Waals surface area contributed by atoms with Crippen molar-refractivity contribution in [2.75, 3.05) is 25.6 Å². The molecule has 1 fully saturated rings. The predicted octanol–water partition coefficient (Wildman–Crippen LogP) is 3.07. The minimum absolute atomic E-state index is 0.139. The van der Waals surface area contributed by atoms with Gasteiger partial charge in [-0.2, -0.15) is 0 Å². The van der Waals surface area contributed by atoms with E-state index in [1.165, 1.54) is 0 Å². The standard InChI is InChI=1S/C12H12Cl3NO2/c13-6-8-7-18-5-4-16(8)12(17)11-9(14)2-1-3-10(11)15/h1-3,8H,4-7H2. The van der Waals surface area contributed by atoms with E-state index in [9.17, 15) is 4.79 Å². The number of carbonyl (C=O) groups is 1. The first-order valence-corrected chi connectivity index (χ1v) is 6.83. The smallest absolute Gasteiger partial charge is 0.257 e. The van der Waals surface area contributed by atoms with Crippen LogP contribution in [0.3, 0.4) is 0 Å². The number of amides is 1. The Morgan fingerprint density at radius 1 is 1.39 bits per heavy atom. The van der Waals surface area contributed by atoms with Crippen LogP contribution in [-0.4, -0.2) is 42.5 Å². The van der Waals surface area contributed by atoms with Crippen LogP contribution >= 0.6 is 34.8 Å². The third-order valence-electron chi connectivity index (χ3n) is 2.84. The SMILES string of the molecule is O=C(c1c(Cl)cccc1Cl)N1CCOCC1CCl. The van der Waals surface area contributed by atoms with Gasteiger partial charge in [-0.25, -0.2) is 0 Å². The molecule has 0 saturated carbocycles. The third kappa shape index (κ3) is 2.75. The van der Waals surface area contributed by atoms with Crippen molar-refractivity contribution >= 4 is 40.7 Å². The summed E-state index contributed by atoms with van der Waals surface area (Å²) in [5.74, 6) is 0.132. The summed E-state index contributed by atoms with van der Waals surface area (Å²) in [5.41, 5.74) is 0.331. The number of hydrogen-bond donors (Lipinski definition) is 0. The van der Waals surface area contributed by atoms with Gasteiger partial charge in [0.2, 0.25) is 0 Å². The molecule has 2 rings (SSSR count). The van der Waals surface area contributed by atoms with Crippen LogP contribution in [0.25, 0.3) is 0 Å². The molecule has 3 nitrogen and oxygen atoms in total. The van der Waals surface area contributed by atoms with Crippen LogP contribution in [0, 0.1) is 0 Å². The quantitative estimate of drug-likeness (QED) is 0.786. The van der Waals surface area contributed by atoms with Gasteiger partial charge < -0.3 is 9.64 Å². The van der Waals surface area contributed by atoms with Crippen molar-refractivity contribution in [3.8, 4) is 0 Å². The van der Waals surface area contributed by atoms with Crippen LogP contribution < -0.4 is 0 Å². The number of morpholine rings is 1. The van der Waals surface area contributed by atoms with E-state index in [1.54, 1.807) is 23.1 Å². The molecule has 0 aromatic heterocycles. The van der Waals surface area contributed by atoms with Crippen LogP contribution in [0.1, 0.15) is 10.4 Å². The highest BCUT2D eigenvalue weighted by Crippen LogP contribution is 2.27. The fourth-order valence-electron chi connectivity index (χ4n) is 1.90. The molecule has 98 valence electrons. The molecule has 0 N–H and O–H groups in total.